The quantitative estimate of drug-likeness (QED) is 0.573. The van der Waals surface area contributed by atoms with E-state index in [0.717, 1.165) is 16.3 Å². The summed E-state index contributed by atoms with van der Waals surface area (Å²) in [5.74, 6) is -0.394. The van der Waals surface area contributed by atoms with Gasteiger partial charge in [-0.1, -0.05) is 42.5 Å². The zero-order valence-electron chi connectivity index (χ0n) is 11.2. The third-order valence-corrected chi connectivity index (χ3v) is 4.23. The second-order valence-corrected chi connectivity index (χ2v) is 5.56. The first kappa shape index (κ1) is 13.7. The molecule has 2 aromatic carbocycles. The summed E-state index contributed by atoms with van der Waals surface area (Å²) in [5, 5.41) is 13.8. The molecule has 0 atom stereocenters. The van der Waals surface area contributed by atoms with E-state index in [1.807, 2.05) is 23.6 Å². The van der Waals surface area contributed by atoms with Crippen molar-refractivity contribution in [1.29, 1.82) is 0 Å². The summed E-state index contributed by atoms with van der Waals surface area (Å²) in [6.45, 7) is 0. The van der Waals surface area contributed by atoms with Gasteiger partial charge in [-0.05, 0) is 17.2 Å². The van der Waals surface area contributed by atoms with Gasteiger partial charge in [0.2, 0.25) is 5.91 Å². The number of aryl methyl sites for hydroxylation is 1. The van der Waals surface area contributed by atoms with Gasteiger partial charge in [0, 0.05) is 17.4 Å². The molecule has 2 N–H and O–H groups in total. The number of nitrogens with zero attached hydrogens (tertiary/aromatic N) is 1. The van der Waals surface area contributed by atoms with Gasteiger partial charge in [-0.3, -0.25) is 10.0 Å². The van der Waals surface area contributed by atoms with Crippen LogP contribution in [0.4, 0.5) is 0 Å². The van der Waals surface area contributed by atoms with Gasteiger partial charge < -0.3 is 0 Å². The van der Waals surface area contributed by atoms with Crippen LogP contribution in [0.5, 0.6) is 0 Å². The van der Waals surface area contributed by atoms with Crippen LogP contribution < -0.4 is 5.48 Å². The zero-order chi connectivity index (χ0) is 14.7. The van der Waals surface area contributed by atoms with Gasteiger partial charge in [0.1, 0.15) is 5.01 Å². The molecule has 3 rings (SSSR count). The molecule has 0 spiro atoms. The van der Waals surface area contributed by atoms with Crippen LogP contribution >= 0.6 is 11.3 Å². The molecule has 5 heteroatoms. The summed E-state index contributed by atoms with van der Waals surface area (Å²) in [6.07, 6.45) is 0.753. The van der Waals surface area contributed by atoms with E-state index in [2.05, 4.69) is 29.2 Å². The number of aromatic nitrogens is 1. The molecule has 0 bridgehead atoms. The molecule has 0 aliphatic carbocycles. The number of hydroxylamine groups is 1. The van der Waals surface area contributed by atoms with Crippen LogP contribution in [0.25, 0.3) is 21.3 Å². The van der Waals surface area contributed by atoms with Crippen molar-refractivity contribution in [2.45, 2.75) is 12.8 Å². The van der Waals surface area contributed by atoms with Crippen LogP contribution in [-0.2, 0) is 11.2 Å². The van der Waals surface area contributed by atoms with E-state index in [1.54, 1.807) is 16.8 Å². The average Bonchev–Trinajstić information content (AvgIpc) is 3.00. The number of fused-ring (bicyclic) bond motifs is 1. The monoisotopic (exact) mass is 298 g/mol. The Morgan fingerprint density at radius 2 is 2.00 bits per heavy atom. The van der Waals surface area contributed by atoms with Gasteiger partial charge in [0.15, 0.2) is 0 Å². The highest BCUT2D eigenvalue weighted by Gasteiger charge is 2.09. The summed E-state index contributed by atoms with van der Waals surface area (Å²) in [4.78, 5) is 15.6. The number of benzene rings is 2. The number of rotatable bonds is 4. The van der Waals surface area contributed by atoms with E-state index < -0.39 is 5.91 Å². The first-order valence-electron chi connectivity index (χ1n) is 6.63. The largest absolute Gasteiger partial charge is 0.289 e. The fraction of sp³-hybridized carbons (Fsp3) is 0.125. The summed E-state index contributed by atoms with van der Waals surface area (Å²) >= 11 is 1.57. The zero-order valence-corrected chi connectivity index (χ0v) is 12.1. The van der Waals surface area contributed by atoms with Crippen molar-refractivity contribution >= 4 is 28.0 Å². The van der Waals surface area contributed by atoms with Gasteiger partial charge >= 0.3 is 0 Å². The molecule has 0 aliphatic heterocycles. The number of carbonyl (C=O) groups is 1. The Morgan fingerprint density at radius 3 is 2.86 bits per heavy atom. The highest BCUT2D eigenvalue weighted by molar-refractivity contribution is 7.13. The molecular weight excluding hydrogens is 284 g/mol. The molecule has 0 saturated carbocycles. The fourth-order valence-electron chi connectivity index (χ4n) is 2.25. The van der Waals surface area contributed by atoms with Crippen molar-refractivity contribution in [2.75, 3.05) is 0 Å². The Kier molecular flexibility index (Phi) is 3.94. The maximum atomic E-state index is 11.1. The van der Waals surface area contributed by atoms with E-state index in [9.17, 15) is 4.79 Å². The Morgan fingerprint density at radius 1 is 1.19 bits per heavy atom. The summed E-state index contributed by atoms with van der Waals surface area (Å²) in [7, 11) is 0. The molecule has 0 fully saturated rings. The maximum Gasteiger partial charge on any atom is 0.243 e. The normalized spacial score (nSPS) is 10.7. The SMILES string of the molecule is O=C(CCc1csc(-c2cccc3ccccc23)n1)NO. The van der Waals surface area contributed by atoms with Crippen molar-refractivity contribution in [3.05, 3.63) is 53.5 Å². The first-order chi connectivity index (χ1) is 10.3. The van der Waals surface area contributed by atoms with Gasteiger partial charge in [-0.15, -0.1) is 11.3 Å². The number of amides is 1. The van der Waals surface area contributed by atoms with Gasteiger partial charge in [-0.25, -0.2) is 10.5 Å². The Balaban J connectivity index is 1.90. The van der Waals surface area contributed by atoms with Gasteiger partial charge in [-0.2, -0.15) is 0 Å². The lowest BCUT2D eigenvalue weighted by molar-refractivity contribution is -0.129. The van der Waals surface area contributed by atoms with Crippen molar-refractivity contribution < 1.29 is 10.0 Å². The first-order valence-corrected chi connectivity index (χ1v) is 7.51. The van der Waals surface area contributed by atoms with Crippen molar-refractivity contribution in [3.8, 4) is 10.6 Å². The third kappa shape index (κ3) is 2.94. The molecular formula is C16H14N2O2S. The predicted molar refractivity (Wildman–Crippen MR) is 83.3 cm³/mol. The van der Waals surface area contributed by atoms with Crippen molar-refractivity contribution in [2.24, 2.45) is 0 Å². The maximum absolute atomic E-state index is 11.1. The Labute approximate surface area is 126 Å². The molecule has 1 amide bonds. The number of hydrogen-bond acceptors (Lipinski definition) is 4. The smallest absolute Gasteiger partial charge is 0.243 e. The molecule has 0 radical (unpaired) electrons. The number of hydrogen-bond donors (Lipinski definition) is 2. The molecule has 1 aromatic heterocycles. The average molecular weight is 298 g/mol. The summed E-state index contributed by atoms with van der Waals surface area (Å²) in [6, 6.07) is 14.4. The molecule has 21 heavy (non-hydrogen) atoms. The molecule has 0 aliphatic rings. The van der Waals surface area contributed by atoms with E-state index in [0.29, 0.717) is 6.42 Å². The van der Waals surface area contributed by atoms with E-state index in [4.69, 9.17) is 5.21 Å². The van der Waals surface area contributed by atoms with Crippen LogP contribution in [-0.4, -0.2) is 16.1 Å². The van der Waals surface area contributed by atoms with Gasteiger partial charge in [0.05, 0.1) is 5.69 Å². The molecule has 106 valence electrons. The third-order valence-electron chi connectivity index (χ3n) is 3.30. The topological polar surface area (TPSA) is 62.2 Å². The fourth-order valence-corrected chi connectivity index (χ4v) is 3.15. The Hall–Kier alpha value is -2.24. The minimum absolute atomic E-state index is 0.231. The van der Waals surface area contributed by atoms with Crippen molar-refractivity contribution in [1.82, 2.24) is 10.5 Å². The van der Waals surface area contributed by atoms with E-state index in [1.165, 1.54) is 10.8 Å². The number of carbonyl (C=O) groups excluding carboxylic acids is 1. The molecule has 3 aromatic rings. The number of thiazole rings is 1. The second kappa shape index (κ2) is 6.03. The van der Waals surface area contributed by atoms with E-state index in [-0.39, 0.29) is 6.42 Å². The number of nitrogens with one attached hydrogen (secondary N) is 1. The molecule has 0 unspecified atom stereocenters. The van der Waals surface area contributed by atoms with E-state index >= 15 is 0 Å². The van der Waals surface area contributed by atoms with Crippen LogP contribution in [0, 0.1) is 0 Å². The lowest BCUT2D eigenvalue weighted by Crippen LogP contribution is -2.18. The molecule has 1 heterocycles. The predicted octanol–water partition coefficient (Wildman–Crippen LogP) is 3.40. The lowest BCUT2D eigenvalue weighted by atomic mass is 10.1. The highest BCUT2D eigenvalue weighted by Crippen LogP contribution is 2.30. The van der Waals surface area contributed by atoms with Crippen LogP contribution in [0.1, 0.15) is 12.1 Å². The highest BCUT2D eigenvalue weighted by atomic mass is 32.1. The standard InChI is InChI=1S/C16H14N2O2S/c19-15(18-20)9-8-12-10-21-16(17-12)14-7-3-5-11-4-1-2-6-13(11)14/h1-7,10,20H,8-9H2,(H,18,19). The van der Waals surface area contributed by atoms with Crippen LogP contribution in [0.15, 0.2) is 47.8 Å². The summed E-state index contributed by atoms with van der Waals surface area (Å²) < 4.78 is 0. The minimum Gasteiger partial charge on any atom is -0.289 e. The van der Waals surface area contributed by atoms with Crippen LogP contribution in [0.2, 0.25) is 0 Å². The Bertz CT molecular complexity index is 777. The molecule has 4 nitrogen and oxygen atoms in total. The minimum atomic E-state index is -0.394. The summed E-state index contributed by atoms with van der Waals surface area (Å²) in [5.41, 5.74) is 3.61. The van der Waals surface area contributed by atoms with Crippen molar-refractivity contribution in [3.63, 3.8) is 0 Å². The van der Waals surface area contributed by atoms with Crippen LogP contribution in [0.3, 0.4) is 0 Å². The molecule has 0 saturated heterocycles. The lowest BCUT2D eigenvalue weighted by Gasteiger charge is -2.03. The van der Waals surface area contributed by atoms with Gasteiger partial charge in [0.25, 0.3) is 0 Å². The second-order valence-electron chi connectivity index (χ2n) is 4.71.